The fourth-order valence-corrected chi connectivity index (χ4v) is 2.17. The molecule has 3 rings (SSSR count). The van der Waals surface area contributed by atoms with Crippen LogP contribution in [0, 0.1) is 0 Å². The average molecular weight is 257 g/mol. The Labute approximate surface area is 111 Å². The number of hydrogen-bond donors (Lipinski definition) is 0. The highest BCUT2D eigenvalue weighted by Crippen LogP contribution is 2.37. The molecule has 1 heterocycles. The molecule has 19 heavy (non-hydrogen) atoms. The molecule has 0 radical (unpaired) electrons. The van der Waals surface area contributed by atoms with Gasteiger partial charge in [0.25, 0.3) is 0 Å². The lowest BCUT2D eigenvalue weighted by atomic mass is 10.00. The van der Waals surface area contributed by atoms with Crippen LogP contribution < -0.4 is 9.47 Å². The van der Waals surface area contributed by atoms with Crippen LogP contribution in [0.5, 0.6) is 11.5 Å². The predicted octanol–water partition coefficient (Wildman–Crippen LogP) is 2.84. The number of ether oxygens (including phenoxy) is 2. The fourth-order valence-electron chi connectivity index (χ4n) is 2.17. The lowest BCUT2D eigenvalue weighted by Crippen LogP contribution is -2.33. The van der Waals surface area contributed by atoms with E-state index in [0.717, 1.165) is 17.1 Å². The van der Waals surface area contributed by atoms with E-state index in [9.17, 15) is 4.79 Å². The maximum Gasteiger partial charge on any atom is 0.159 e. The molecule has 0 amide bonds. The zero-order valence-electron chi connectivity index (χ0n) is 10.9. The fraction of sp³-hybridized carbons (Fsp3) is 0.333. The van der Waals surface area contributed by atoms with E-state index in [1.54, 1.807) is 12.2 Å². The van der Waals surface area contributed by atoms with E-state index in [1.807, 2.05) is 32.0 Å². The number of allylic oxidation sites excluding steroid dienone is 1. The number of rotatable bonds is 2. The highest BCUT2D eigenvalue weighted by Gasteiger charge is 2.28. The van der Waals surface area contributed by atoms with Crippen molar-refractivity contribution >= 4 is 17.2 Å². The molecule has 0 aromatic heterocycles. The lowest BCUT2D eigenvalue weighted by molar-refractivity contribution is -0.115. The Morgan fingerprint density at radius 2 is 2.21 bits per heavy atom. The molecular formula is C15H15NO3. The second kappa shape index (κ2) is 4.53. The summed E-state index contributed by atoms with van der Waals surface area (Å²) < 4.78 is 11.5. The van der Waals surface area contributed by atoms with Crippen LogP contribution in [0.25, 0.3) is 0 Å². The van der Waals surface area contributed by atoms with Gasteiger partial charge < -0.3 is 9.47 Å². The van der Waals surface area contributed by atoms with E-state index in [2.05, 4.69) is 4.99 Å². The van der Waals surface area contributed by atoms with E-state index in [4.69, 9.17) is 9.47 Å². The summed E-state index contributed by atoms with van der Waals surface area (Å²) in [6.45, 7) is 3.95. The van der Waals surface area contributed by atoms with E-state index >= 15 is 0 Å². The summed E-state index contributed by atoms with van der Waals surface area (Å²) in [5.41, 5.74) is 1.59. The first-order chi connectivity index (χ1) is 9.11. The zero-order valence-corrected chi connectivity index (χ0v) is 10.9. The van der Waals surface area contributed by atoms with Crippen LogP contribution in [0.1, 0.15) is 20.3 Å². The second-order valence-electron chi connectivity index (χ2n) is 4.94. The number of carbonyl (C=O) groups is 1. The van der Waals surface area contributed by atoms with Gasteiger partial charge in [-0.1, -0.05) is 0 Å². The third-order valence-electron chi connectivity index (χ3n) is 2.98. The number of fused-ring (bicyclic) bond motifs is 2. The minimum absolute atomic E-state index is 0.0713. The molecule has 0 bridgehead atoms. The Kier molecular flexibility index (Phi) is 2.85. The molecule has 1 aliphatic heterocycles. The van der Waals surface area contributed by atoms with Gasteiger partial charge in [-0.2, -0.15) is 0 Å². The Hall–Kier alpha value is -2.10. The summed E-state index contributed by atoms with van der Waals surface area (Å²) in [6, 6.07) is 5.59. The summed E-state index contributed by atoms with van der Waals surface area (Å²) in [6.07, 6.45) is 3.49. The molecule has 0 N–H and O–H groups in total. The molecule has 0 fully saturated rings. The number of carbonyl (C=O) groups excluding carboxylic acids is 1. The number of aliphatic imine (C=N–C) groups is 1. The van der Waals surface area contributed by atoms with Crippen LogP contribution in [-0.4, -0.2) is 23.7 Å². The largest absolute Gasteiger partial charge is 0.491 e. The van der Waals surface area contributed by atoms with Crippen molar-refractivity contribution < 1.29 is 14.3 Å². The van der Waals surface area contributed by atoms with E-state index in [-0.39, 0.29) is 18.0 Å². The van der Waals surface area contributed by atoms with Crippen LogP contribution in [0.15, 0.2) is 35.3 Å². The first kappa shape index (κ1) is 12.0. The molecule has 1 aromatic carbocycles. The summed E-state index contributed by atoms with van der Waals surface area (Å²) >= 11 is 0. The number of benzene rings is 1. The maximum atomic E-state index is 11.4. The van der Waals surface area contributed by atoms with Gasteiger partial charge in [0.2, 0.25) is 0 Å². The van der Waals surface area contributed by atoms with Crippen LogP contribution >= 0.6 is 0 Å². The third kappa shape index (κ3) is 2.38. The molecule has 1 unspecified atom stereocenters. The third-order valence-corrected chi connectivity index (χ3v) is 2.98. The van der Waals surface area contributed by atoms with Gasteiger partial charge in [-0.05, 0) is 38.1 Å². The van der Waals surface area contributed by atoms with Crippen molar-refractivity contribution in [2.45, 2.75) is 32.5 Å². The number of hydrogen-bond acceptors (Lipinski definition) is 4. The van der Waals surface area contributed by atoms with Gasteiger partial charge in [0.05, 0.1) is 18.2 Å². The Bertz CT molecular complexity index is 587. The Morgan fingerprint density at radius 3 is 3.00 bits per heavy atom. The van der Waals surface area contributed by atoms with Crippen molar-refractivity contribution in [3.05, 3.63) is 30.4 Å². The van der Waals surface area contributed by atoms with Gasteiger partial charge in [0.1, 0.15) is 23.3 Å². The van der Waals surface area contributed by atoms with Gasteiger partial charge >= 0.3 is 0 Å². The SMILES string of the molecule is CC(C)Oc1ccc2c(c1)OC1CC(=O)C=CC1=N2. The van der Waals surface area contributed by atoms with Crippen LogP contribution in [0.4, 0.5) is 5.69 Å². The predicted molar refractivity (Wildman–Crippen MR) is 72.5 cm³/mol. The normalized spacial score (nSPS) is 20.5. The minimum atomic E-state index is -0.265. The summed E-state index contributed by atoms with van der Waals surface area (Å²) in [5, 5.41) is 0. The summed E-state index contributed by atoms with van der Waals surface area (Å²) in [4.78, 5) is 15.9. The summed E-state index contributed by atoms with van der Waals surface area (Å²) in [5.74, 6) is 1.50. The molecule has 2 aliphatic rings. The van der Waals surface area contributed by atoms with Crippen molar-refractivity contribution in [3.63, 3.8) is 0 Å². The molecule has 0 saturated carbocycles. The monoisotopic (exact) mass is 257 g/mol. The van der Waals surface area contributed by atoms with Crippen LogP contribution in [0.3, 0.4) is 0 Å². The molecule has 4 heteroatoms. The molecule has 1 atom stereocenters. The smallest absolute Gasteiger partial charge is 0.159 e. The van der Waals surface area contributed by atoms with E-state index < -0.39 is 0 Å². The minimum Gasteiger partial charge on any atom is -0.491 e. The Morgan fingerprint density at radius 1 is 1.37 bits per heavy atom. The first-order valence-corrected chi connectivity index (χ1v) is 6.38. The highest BCUT2D eigenvalue weighted by atomic mass is 16.5. The van der Waals surface area contributed by atoms with Crippen molar-refractivity contribution in [2.24, 2.45) is 4.99 Å². The topological polar surface area (TPSA) is 47.9 Å². The van der Waals surface area contributed by atoms with Gasteiger partial charge in [-0.25, -0.2) is 4.99 Å². The molecular weight excluding hydrogens is 242 g/mol. The molecule has 1 aromatic rings. The second-order valence-corrected chi connectivity index (χ2v) is 4.94. The van der Waals surface area contributed by atoms with Crippen molar-refractivity contribution in [3.8, 4) is 11.5 Å². The van der Waals surface area contributed by atoms with Gasteiger partial charge in [-0.3, -0.25) is 4.79 Å². The quantitative estimate of drug-likeness (QED) is 0.818. The average Bonchev–Trinajstić information content (AvgIpc) is 2.35. The molecule has 0 saturated heterocycles. The molecule has 4 nitrogen and oxygen atoms in total. The zero-order chi connectivity index (χ0) is 13.4. The first-order valence-electron chi connectivity index (χ1n) is 6.38. The number of ketones is 1. The van der Waals surface area contributed by atoms with Gasteiger partial charge in [0.15, 0.2) is 5.78 Å². The van der Waals surface area contributed by atoms with Crippen molar-refractivity contribution in [2.75, 3.05) is 0 Å². The lowest BCUT2D eigenvalue weighted by Gasteiger charge is -2.26. The summed E-state index contributed by atoms with van der Waals surface area (Å²) in [7, 11) is 0. The van der Waals surface area contributed by atoms with Gasteiger partial charge in [0, 0.05) is 6.07 Å². The maximum absolute atomic E-state index is 11.4. The molecule has 0 spiro atoms. The molecule has 98 valence electrons. The number of nitrogens with zero attached hydrogens (tertiary/aromatic N) is 1. The van der Waals surface area contributed by atoms with Crippen molar-refractivity contribution in [1.29, 1.82) is 0 Å². The molecule has 1 aliphatic carbocycles. The Balaban J connectivity index is 1.93. The standard InChI is InChI=1S/C15H15NO3/c1-9(2)18-11-4-6-13-15(8-11)19-14-7-10(17)3-5-12(14)16-13/h3-6,8-9,14H,7H2,1-2H3. The van der Waals surface area contributed by atoms with E-state index in [1.165, 1.54) is 0 Å². The van der Waals surface area contributed by atoms with Crippen LogP contribution in [-0.2, 0) is 4.79 Å². The van der Waals surface area contributed by atoms with E-state index in [0.29, 0.717) is 12.2 Å². The highest BCUT2D eigenvalue weighted by molar-refractivity contribution is 6.11. The van der Waals surface area contributed by atoms with Crippen molar-refractivity contribution in [1.82, 2.24) is 0 Å². The van der Waals surface area contributed by atoms with Gasteiger partial charge in [-0.15, -0.1) is 0 Å². The van der Waals surface area contributed by atoms with Crippen LogP contribution in [0.2, 0.25) is 0 Å².